The number of hydrogen-bond acceptors (Lipinski definition) is 4. The predicted molar refractivity (Wildman–Crippen MR) is 74.2 cm³/mol. The van der Waals surface area contributed by atoms with Crippen LogP contribution in [0.3, 0.4) is 0 Å². The number of aromatic nitrogens is 1. The van der Waals surface area contributed by atoms with Gasteiger partial charge < -0.3 is 10.6 Å². The van der Waals surface area contributed by atoms with Crippen LogP contribution in [0.25, 0.3) is 0 Å². The third-order valence-corrected chi connectivity index (χ3v) is 3.65. The van der Waals surface area contributed by atoms with Gasteiger partial charge in [0.15, 0.2) is 5.13 Å². The fraction of sp³-hybridized carbons (Fsp3) is 0.667. The molecule has 1 saturated heterocycles. The second kappa shape index (κ2) is 5.24. The third kappa shape index (κ3) is 3.43. The van der Waals surface area contributed by atoms with E-state index in [2.05, 4.69) is 41.7 Å². The Labute approximate surface area is 111 Å². The minimum absolute atomic E-state index is 0.0161. The predicted octanol–water partition coefficient (Wildman–Crippen LogP) is 1.92. The highest BCUT2D eigenvalue weighted by Crippen LogP contribution is 2.26. The normalized spacial score (nSPS) is 19.8. The molecule has 2 heterocycles. The molecule has 0 saturated carbocycles. The molecule has 6 heteroatoms. The summed E-state index contributed by atoms with van der Waals surface area (Å²) >= 11 is 1.46. The molecule has 0 spiro atoms. The van der Waals surface area contributed by atoms with E-state index < -0.39 is 0 Å². The molecule has 1 aliphatic rings. The molecule has 3 N–H and O–H groups in total. The van der Waals surface area contributed by atoms with E-state index in [0.717, 1.165) is 25.2 Å². The zero-order valence-electron chi connectivity index (χ0n) is 11.0. The quantitative estimate of drug-likeness (QED) is 0.768. The van der Waals surface area contributed by atoms with Crippen LogP contribution in [0.1, 0.15) is 32.9 Å². The van der Waals surface area contributed by atoms with E-state index in [1.807, 2.05) is 5.38 Å². The van der Waals surface area contributed by atoms with Gasteiger partial charge >= 0.3 is 6.03 Å². The Hall–Kier alpha value is -1.14. The summed E-state index contributed by atoms with van der Waals surface area (Å²) in [5.74, 6) is 0. The second-order valence-electron chi connectivity index (χ2n) is 5.58. The second-order valence-corrected chi connectivity index (χ2v) is 6.43. The summed E-state index contributed by atoms with van der Waals surface area (Å²) in [7, 11) is 0. The first-order chi connectivity index (χ1) is 8.45. The van der Waals surface area contributed by atoms with E-state index in [-0.39, 0.29) is 17.5 Å². The minimum Gasteiger partial charge on any atom is -0.334 e. The zero-order chi connectivity index (χ0) is 13.2. The standard InChI is InChI=1S/C12H20N4OS/c1-12(2,3)9-7-18-11(15-9)16-10(17)14-8-4-5-13-6-8/h7-8,13H,4-6H2,1-3H3,(H2,14,15,16,17)/t8-/m0/s1. The van der Waals surface area contributed by atoms with Crippen LogP contribution in [0.4, 0.5) is 9.93 Å². The highest BCUT2D eigenvalue weighted by Gasteiger charge is 2.19. The van der Waals surface area contributed by atoms with Gasteiger partial charge in [0.25, 0.3) is 0 Å². The molecule has 1 fully saturated rings. The molecule has 2 amide bonds. The molecule has 0 radical (unpaired) electrons. The summed E-state index contributed by atoms with van der Waals surface area (Å²) in [5.41, 5.74) is 1.02. The van der Waals surface area contributed by atoms with Crippen LogP contribution in [0.15, 0.2) is 5.38 Å². The number of nitrogens with one attached hydrogen (secondary N) is 3. The Balaban J connectivity index is 1.88. The van der Waals surface area contributed by atoms with Crippen LogP contribution in [-0.2, 0) is 5.41 Å². The number of rotatable bonds is 2. The minimum atomic E-state index is -0.168. The van der Waals surface area contributed by atoms with Crippen molar-refractivity contribution in [1.29, 1.82) is 0 Å². The van der Waals surface area contributed by atoms with Crippen molar-refractivity contribution >= 4 is 22.5 Å². The number of amides is 2. The van der Waals surface area contributed by atoms with Crippen molar-refractivity contribution in [2.75, 3.05) is 18.4 Å². The molecular formula is C12H20N4OS. The number of hydrogen-bond donors (Lipinski definition) is 3. The Morgan fingerprint density at radius 2 is 2.33 bits per heavy atom. The maximum absolute atomic E-state index is 11.7. The van der Waals surface area contributed by atoms with Gasteiger partial charge in [0.05, 0.1) is 5.69 Å². The number of thiazole rings is 1. The molecule has 1 aromatic rings. The van der Waals surface area contributed by atoms with Crippen LogP contribution in [0, 0.1) is 0 Å². The highest BCUT2D eigenvalue weighted by molar-refractivity contribution is 7.13. The molecule has 0 bridgehead atoms. The molecule has 2 rings (SSSR count). The fourth-order valence-electron chi connectivity index (χ4n) is 1.77. The van der Waals surface area contributed by atoms with Crippen molar-refractivity contribution in [2.24, 2.45) is 0 Å². The lowest BCUT2D eigenvalue weighted by Gasteiger charge is -2.14. The summed E-state index contributed by atoms with van der Waals surface area (Å²) in [6, 6.07) is 0.0607. The monoisotopic (exact) mass is 268 g/mol. The Kier molecular flexibility index (Phi) is 3.87. The number of urea groups is 1. The number of nitrogens with zero attached hydrogens (tertiary/aromatic N) is 1. The van der Waals surface area contributed by atoms with E-state index in [4.69, 9.17) is 0 Å². The lowest BCUT2D eigenvalue weighted by atomic mass is 9.93. The summed E-state index contributed by atoms with van der Waals surface area (Å²) in [6.45, 7) is 8.14. The first-order valence-corrected chi connectivity index (χ1v) is 7.07. The molecule has 0 unspecified atom stereocenters. The zero-order valence-corrected chi connectivity index (χ0v) is 11.9. The lowest BCUT2D eigenvalue weighted by molar-refractivity contribution is 0.249. The molecule has 1 atom stereocenters. The fourth-order valence-corrected chi connectivity index (χ4v) is 2.70. The average Bonchev–Trinajstić information content (AvgIpc) is 2.87. The average molecular weight is 268 g/mol. The van der Waals surface area contributed by atoms with E-state index in [0.29, 0.717) is 5.13 Å². The topological polar surface area (TPSA) is 66.1 Å². The van der Waals surface area contributed by atoms with Crippen LogP contribution in [-0.4, -0.2) is 30.1 Å². The van der Waals surface area contributed by atoms with Crippen LogP contribution < -0.4 is 16.0 Å². The molecular weight excluding hydrogens is 248 g/mol. The van der Waals surface area contributed by atoms with Crippen molar-refractivity contribution in [1.82, 2.24) is 15.6 Å². The summed E-state index contributed by atoms with van der Waals surface area (Å²) in [4.78, 5) is 16.2. The van der Waals surface area contributed by atoms with Crippen molar-refractivity contribution in [3.05, 3.63) is 11.1 Å². The van der Waals surface area contributed by atoms with Gasteiger partial charge in [-0.25, -0.2) is 9.78 Å². The lowest BCUT2D eigenvalue weighted by Crippen LogP contribution is -2.39. The SMILES string of the molecule is CC(C)(C)c1csc(NC(=O)N[C@H]2CCNC2)n1. The molecule has 5 nitrogen and oxygen atoms in total. The van der Waals surface area contributed by atoms with Crippen molar-refractivity contribution in [2.45, 2.75) is 38.6 Å². The largest absolute Gasteiger partial charge is 0.334 e. The van der Waals surface area contributed by atoms with Gasteiger partial charge in [0.1, 0.15) is 0 Å². The van der Waals surface area contributed by atoms with Gasteiger partial charge in [-0.2, -0.15) is 0 Å². The Bertz CT molecular complexity index is 418. The van der Waals surface area contributed by atoms with Gasteiger partial charge in [0.2, 0.25) is 0 Å². The van der Waals surface area contributed by atoms with E-state index >= 15 is 0 Å². The Morgan fingerprint density at radius 3 is 2.89 bits per heavy atom. The number of carbonyl (C=O) groups is 1. The smallest absolute Gasteiger partial charge is 0.321 e. The Morgan fingerprint density at radius 1 is 1.56 bits per heavy atom. The maximum Gasteiger partial charge on any atom is 0.321 e. The number of carbonyl (C=O) groups excluding carboxylic acids is 1. The van der Waals surface area contributed by atoms with Gasteiger partial charge in [-0.15, -0.1) is 11.3 Å². The molecule has 1 aliphatic heterocycles. The van der Waals surface area contributed by atoms with Crippen molar-refractivity contribution in [3.8, 4) is 0 Å². The van der Waals surface area contributed by atoms with Crippen LogP contribution >= 0.6 is 11.3 Å². The van der Waals surface area contributed by atoms with E-state index in [9.17, 15) is 4.79 Å². The van der Waals surface area contributed by atoms with E-state index in [1.165, 1.54) is 11.3 Å². The van der Waals surface area contributed by atoms with Crippen molar-refractivity contribution < 1.29 is 4.79 Å². The summed E-state index contributed by atoms with van der Waals surface area (Å²) in [5, 5.41) is 11.6. The molecule has 18 heavy (non-hydrogen) atoms. The summed E-state index contributed by atoms with van der Waals surface area (Å²) < 4.78 is 0. The molecule has 100 valence electrons. The summed E-state index contributed by atoms with van der Waals surface area (Å²) in [6.07, 6.45) is 0.985. The van der Waals surface area contributed by atoms with Gasteiger partial charge in [-0.3, -0.25) is 5.32 Å². The molecule has 1 aromatic heterocycles. The first kappa shape index (κ1) is 13.3. The van der Waals surface area contributed by atoms with E-state index in [1.54, 1.807) is 0 Å². The van der Waals surface area contributed by atoms with Gasteiger partial charge in [-0.1, -0.05) is 20.8 Å². The van der Waals surface area contributed by atoms with Crippen LogP contribution in [0.2, 0.25) is 0 Å². The van der Waals surface area contributed by atoms with Crippen molar-refractivity contribution in [3.63, 3.8) is 0 Å². The highest BCUT2D eigenvalue weighted by atomic mass is 32.1. The third-order valence-electron chi connectivity index (χ3n) is 2.89. The maximum atomic E-state index is 11.7. The first-order valence-electron chi connectivity index (χ1n) is 6.19. The molecule has 0 aromatic carbocycles. The van der Waals surface area contributed by atoms with Crippen LogP contribution in [0.5, 0.6) is 0 Å². The number of anilines is 1. The van der Waals surface area contributed by atoms with Gasteiger partial charge in [0, 0.05) is 23.4 Å². The van der Waals surface area contributed by atoms with Gasteiger partial charge in [-0.05, 0) is 13.0 Å². The molecule has 0 aliphatic carbocycles.